The Labute approximate surface area is 207 Å². The molecule has 4 aliphatic rings. The Morgan fingerprint density at radius 2 is 1.94 bits per heavy atom. The highest BCUT2D eigenvalue weighted by atomic mass is 35.5. The molecule has 1 aromatic carbocycles. The number of ether oxygens (including phenoxy) is 1. The smallest absolute Gasteiger partial charge is 0.231 e. The highest BCUT2D eigenvalue weighted by Gasteiger charge is 2.54. The molecule has 2 aromatic heterocycles. The van der Waals surface area contributed by atoms with Crippen LogP contribution in [-0.4, -0.2) is 75.1 Å². The molecule has 0 unspecified atom stereocenters. The predicted molar refractivity (Wildman–Crippen MR) is 128 cm³/mol. The highest BCUT2D eigenvalue weighted by Crippen LogP contribution is 2.43. The number of rotatable bonds is 3. The molecule has 6 heterocycles. The van der Waals surface area contributed by atoms with Gasteiger partial charge in [0.2, 0.25) is 11.9 Å². The van der Waals surface area contributed by atoms with Crippen molar-refractivity contribution < 1.29 is 9.13 Å². The van der Waals surface area contributed by atoms with Crippen molar-refractivity contribution in [2.24, 2.45) is 5.41 Å². The number of aryl methyl sites for hydroxylation is 1. The van der Waals surface area contributed by atoms with Crippen LogP contribution < -0.4 is 9.80 Å². The third kappa shape index (κ3) is 3.49. The van der Waals surface area contributed by atoms with Crippen molar-refractivity contribution in [3.8, 4) is 5.69 Å². The first-order chi connectivity index (χ1) is 17.0. The fourth-order valence-electron chi connectivity index (χ4n) is 5.89. The van der Waals surface area contributed by atoms with E-state index in [4.69, 9.17) is 16.3 Å². The van der Waals surface area contributed by atoms with Gasteiger partial charge in [-0.3, -0.25) is 9.47 Å². The fraction of sp³-hybridized carbons (Fsp3) is 0.500. The first-order valence-corrected chi connectivity index (χ1v) is 12.4. The van der Waals surface area contributed by atoms with E-state index in [1.54, 1.807) is 6.92 Å². The number of anilines is 2. The predicted octanol–water partition coefficient (Wildman–Crippen LogP) is 2.59. The number of fused-ring (bicyclic) bond motifs is 3. The molecule has 0 aliphatic carbocycles. The second-order valence-electron chi connectivity index (χ2n) is 10.3. The lowest BCUT2D eigenvalue weighted by Gasteiger charge is -2.60. The lowest BCUT2D eigenvalue weighted by atomic mass is 9.73. The monoisotopic (exact) mass is 496 g/mol. The van der Waals surface area contributed by atoms with E-state index in [1.807, 2.05) is 6.07 Å². The molecule has 0 bridgehead atoms. The van der Waals surface area contributed by atoms with Gasteiger partial charge in [-0.1, -0.05) is 11.6 Å². The summed E-state index contributed by atoms with van der Waals surface area (Å²) in [5, 5.41) is 10.00. The zero-order valence-corrected chi connectivity index (χ0v) is 20.2. The van der Waals surface area contributed by atoms with Crippen LogP contribution in [0.5, 0.6) is 0 Å². The summed E-state index contributed by atoms with van der Waals surface area (Å²) in [6, 6.07) is 6.45. The SMILES string of the molecule is Cc1nc(N2CC3(C2)CN(c2nnc4n2-c2ccc(Cl)cc2CN([C@@H]2CCOC2)C4)C3)ncc1F. The van der Waals surface area contributed by atoms with E-state index in [0.29, 0.717) is 17.7 Å². The van der Waals surface area contributed by atoms with Gasteiger partial charge in [0.25, 0.3) is 0 Å². The largest absolute Gasteiger partial charge is 0.380 e. The van der Waals surface area contributed by atoms with Crippen LogP contribution in [0.2, 0.25) is 5.02 Å². The molecule has 182 valence electrons. The molecule has 35 heavy (non-hydrogen) atoms. The Morgan fingerprint density at radius 1 is 1.11 bits per heavy atom. The van der Waals surface area contributed by atoms with Crippen LogP contribution in [0.4, 0.5) is 16.3 Å². The van der Waals surface area contributed by atoms with Crippen LogP contribution in [-0.2, 0) is 17.8 Å². The average molecular weight is 497 g/mol. The van der Waals surface area contributed by atoms with Crippen LogP contribution in [0.15, 0.2) is 24.4 Å². The Kier molecular flexibility index (Phi) is 4.81. The third-order valence-corrected chi connectivity index (χ3v) is 7.95. The van der Waals surface area contributed by atoms with Crippen LogP contribution in [0.3, 0.4) is 0 Å². The Bertz CT molecular complexity index is 1290. The van der Waals surface area contributed by atoms with Gasteiger partial charge in [0.1, 0.15) is 0 Å². The number of benzene rings is 1. The van der Waals surface area contributed by atoms with Gasteiger partial charge < -0.3 is 14.5 Å². The van der Waals surface area contributed by atoms with Crippen molar-refractivity contribution in [1.82, 2.24) is 29.6 Å². The third-order valence-electron chi connectivity index (χ3n) is 7.71. The molecule has 0 radical (unpaired) electrons. The van der Waals surface area contributed by atoms with E-state index >= 15 is 0 Å². The highest BCUT2D eigenvalue weighted by molar-refractivity contribution is 6.30. The van der Waals surface area contributed by atoms with Crippen LogP contribution >= 0.6 is 11.6 Å². The van der Waals surface area contributed by atoms with E-state index in [-0.39, 0.29) is 11.2 Å². The van der Waals surface area contributed by atoms with Gasteiger partial charge >= 0.3 is 0 Å². The van der Waals surface area contributed by atoms with Gasteiger partial charge in [-0.25, -0.2) is 14.4 Å². The topological polar surface area (TPSA) is 75.4 Å². The Balaban J connectivity index is 1.13. The van der Waals surface area contributed by atoms with Crippen molar-refractivity contribution in [3.63, 3.8) is 0 Å². The maximum atomic E-state index is 13.5. The first-order valence-electron chi connectivity index (χ1n) is 12.0. The number of nitrogens with zero attached hydrogens (tertiary/aromatic N) is 8. The molecule has 0 amide bonds. The minimum atomic E-state index is -0.369. The summed E-state index contributed by atoms with van der Waals surface area (Å²) < 4.78 is 21.4. The fourth-order valence-corrected chi connectivity index (χ4v) is 6.08. The summed E-state index contributed by atoms with van der Waals surface area (Å²) in [4.78, 5) is 15.3. The minimum absolute atomic E-state index is 0.179. The molecular formula is C24H26ClFN8O. The number of hydrogen-bond donors (Lipinski definition) is 0. The maximum absolute atomic E-state index is 13.5. The van der Waals surface area contributed by atoms with Gasteiger partial charge in [-0.05, 0) is 37.1 Å². The van der Waals surface area contributed by atoms with Crippen molar-refractivity contribution in [1.29, 1.82) is 0 Å². The maximum Gasteiger partial charge on any atom is 0.231 e. The summed E-state index contributed by atoms with van der Waals surface area (Å²) in [6.07, 6.45) is 2.28. The first kappa shape index (κ1) is 21.5. The second kappa shape index (κ2) is 7.84. The van der Waals surface area contributed by atoms with E-state index in [2.05, 4.69) is 51.6 Å². The molecular weight excluding hydrogens is 471 g/mol. The zero-order chi connectivity index (χ0) is 23.7. The molecule has 3 saturated heterocycles. The van der Waals surface area contributed by atoms with Crippen molar-refractivity contribution >= 4 is 23.5 Å². The molecule has 1 atom stereocenters. The summed E-state index contributed by atoms with van der Waals surface area (Å²) in [7, 11) is 0. The Morgan fingerprint density at radius 3 is 2.71 bits per heavy atom. The van der Waals surface area contributed by atoms with Crippen LogP contribution in [0.25, 0.3) is 5.69 Å². The van der Waals surface area contributed by atoms with Gasteiger partial charge in [0, 0.05) is 55.8 Å². The average Bonchev–Trinajstić information content (AvgIpc) is 3.42. The Hall–Kier alpha value is -2.82. The summed E-state index contributed by atoms with van der Waals surface area (Å²) in [6.45, 7) is 8.26. The molecule has 3 fully saturated rings. The number of halogens is 2. The molecule has 3 aromatic rings. The lowest BCUT2D eigenvalue weighted by Crippen LogP contribution is -2.73. The zero-order valence-electron chi connectivity index (χ0n) is 19.5. The summed E-state index contributed by atoms with van der Waals surface area (Å²) in [5.41, 5.74) is 2.84. The molecule has 1 spiro atoms. The number of aromatic nitrogens is 5. The lowest BCUT2D eigenvalue weighted by molar-refractivity contribution is 0.133. The van der Waals surface area contributed by atoms with Crippen molar-refractivity contribution in [2.45, 2.75) is 32.5 Å². The summed E-state index contributed by atoms with van der Waals surface area (Å²) in [5.74, 6) is 2.06. The summed E-state index contributed by atoms with van der Waals surface area (Å²) >= 11 is 6.40. The van der Waals surface area contributed by atoms with Crippen molar-refractivity contribution in [3.05, 3.63) is 52.3 Å². The van der Waals surface area contributed by atoms with Gasteiger partial charge in [0.05, 0.1) is 30.7 Å². The van der Waals surface area contributed by atoms with E-state index in [1.165, 1.54) is 11.8 Å². The molecule has 4 aliphatic heterocycles. The molecule has 9 nitrogen and oxygen atoms in total. The van der Waals surface area contributed by atoms with E-state index in [9.17, 15) is 4.39 Å². The van der Waals surface area contributed by atoms with Gasteiger partial charge in [0.15, 0.2) is 11.6 Å². The molecule has 7 rings (SSSR count). The normalized spacial score (nSPS) is 23.0. The minimum Gasteiger partial charge on any atom is -0.380 e. The van der Waals surface area contributed by atoms with Crippen LogP contribution in [0.1, 0.15) is 23.5 Å². The molecule has 11 heteroatoms. The van der Waals surface area contributed by atoms with Gasteiger partial charge in [-0.15, -0.1) is 10.2 Å². The quantitative estimate of drug-likeness (QED) is 0.548. The van der Waals surface area contributed by atoms with Gasteiger partial charge in [-0.2, -0.15) is 0 Å². The van der Waals surface area contributed by atoms with Crippen LogP contribution in [0, 0.1) is 18.2 Å². The standard InChI is InChI=1S/C24H26ClFN8O/c1-15-19(26)7-27-22(28-15)32-11-24(12-32)13-33(14-24)23-30-29-21-9-31(18-4-5-35-10-18)8-16-6-17(25)2-3-20(16)34(21)23/h2-3,6-7,18H,4-5,8-14H2,1H3/t18-/m1/s1. The molecule has 0 N–H and O–H groups in total. The van der Waals surface area contributed by atoms with Crippen molar-refractivity contribution in [2.75, 3.05) is 49.2 Å². The second-order valence-corrected chi connectivity index (χ2v) is 10.7. The van der Waals surface area contributed by atoms with E-state index < -0.39 is 0 Å². The molecule has 0 saturated carbocycles. The van der Waals surface area contributed by atoms with E-state index in [0.717, 1.165) is 81.4 Å². The number of hydrogen-bond acceptors (Lipinski definition) is 8.